The Balaban J connectivity index is 2.67. The highest BCUT2D eigenvalue weighted by Gasteiger charge is 2.19. The van der Waals surface area contributed by atoms with Gasteiger partial charge in [-0.15, -0.1) is 11.3 Å². The highest BCUT2D eigenvalue weighted by molar-refractivity contribution is 7.12. The molecular weight excluding hydrogens is 224 g/mol. The second-order valence-electron chi connectivity index (χ2n) is 3.66. The van der Waals surface area contributed by atoms with Gasteiger partial charge in [0.2, 0.25) is 0 Å². The Hall–Kier alpha value is -1.62. The summed E-state index contributed by atoms with van der Waals surface area (Å²) in [7, 11) is 1.76. The normalized spacial score (nSPS) is 10.7. The first-order valence-corrected chi connectivity index (χ1v) is 5.65. The molecule has 0 fully saturated rings. The van der Waals surface area contributed by atoms with Gasteiger partial charge in [0, 0.05) is 22.4 Å². The Kier molecular flexibility index (Phi) is 2.55. The number of aromatic nitrogens is 2. The Bertz CT molecular complexity index is 554. The first-order chi connectivity index (χ1) is 7.50. The van der Waals surface area contributed by atoms with Gasteiger partial charge in [0.15, 0.2) is 0 Å². The zero-order chi connectivity index (χ0) is 11.9. The van der Waals surface area contributed by atoms with E-state index in [1.165, 1.54) is 11.1 Å². The van der Waals surface area contributed by atoms with Crippen LogP contribution in [0.2, 0.25) is 0 Å². The summed E-state index contributed by atoms with van der Waals surface area (Å²) in [5.74, 6) is -0.939. The molecule has 0 spiro atoms. The van der Waals surface area contributed by atoms with Gasteiger partial charge < -0.3 is 5.11 Å². The van der Waals surface area contributed by atoms with Crippen molar-refractivity contribution in [1.29, 1.82) is 0 Å². The fraction of sp³-hybridized carbons (Fsp3) is 0.273. The van der Waals surface area contributed by atoms with Crippen LogP contribution in [0.4, 0.5) is 0 Å². The smallest absolute Gasteiger partial charge is 0.339 e. The number of hydrogen-bond acceptors (Lipinski definition) is 3. The second-order valence-corrected chi connectivity index (χ2v) is 5.12. The van der Waals surface area contributed by atoms with Crippen molar-refractivity contribution in [3.05, 3.63) is 27.6 Å². The molecule has 0 aliphatic carbocycles. The summed E-state index contributed by atoms with van der Waals surface area (Å²) in [5.41, 5.74) is 1.89. The average molecular weight is 236 g/mol. The number of rotatable bonds is 2. The molecule has 0 aliphatic rings. The predicted molar refractivity (Wildman–Crippen MR) is 63.0 cm³/mol. The van der Waals surface area contributed by atoms with E-state index in [1.54, 1.807) is 23.1 Å². The fourth-order valence-electron chi connectivity index (χ4n) is 1.78. The minimum atomic E-state index is -0.939. The first-order valence-electron chi connectivity index (χ1n) is 4.83. The third kappa shape index (κ3) is 1.63. The van der Waals surface area contributed by atoms with E-state index in [4.69, 9.17) is 5.11 Å². The second kappa shape index (κ2) is 3.75. The predicted octanol–water partition coefficient (Wildman–Crippen LogP) is 2.46. The van der Waals surface area contributed by atoms with Crippen LogP contribution in [0.3, 0.4) is 0 Å². The molecule has 2 rings (SSSR count). The lowest BCUT2D eigenvalue weighted by molar-refractivity contribution is 0.0697. The largest absolute Gasteiger partial charge is 0.478 e. The molecule has 2 heterocycles. The van der Waals surface area contributed by atoms with E-state index in [1.807, 2.05) is 19.9 Å². The monoisotopic (exact) mass is 236 g/mol. The number of aryl methyl sites for hydroxylation is 3. The third-order valence-corrected chi connectivity index (χ3v) is 3.43. The number of aromatic carboxylic acids is 1. The summed E-state index contributed by atoms with van der Waals surface area (Å²) in [4.78, 5) is 13.4. The maximum atomic E-state index is 11.1. The molecule has 2 aromatic heterocycles. The topological polar surface area (TPSA) is 55.1 Å². The van der Waals surface area contributed by atoms with E-state index in [0.717, 1.165) is 10.4 Å². The number of carboxylic acid groups (broad SMARTS) is 1. The molecule has 0 saturated carbocycles. The van der Waals surface area contributed by atoms with Crippen molar-refractivity contribution in [2.45, 2.75) is 13.8 Å². The Morgan fingerprint density at radius 1 is 1.50 bits per heavy atom. The quantitative estimate of drug-likeness (QED) is 0.871. The van der Waals surface area contributed by atoms with E-state index in [0.29, 0.717) is 5.69 Å². The molecule has 0 aliphatic heterocycles. The minimum Gasteiger partial charge on any atom is -0.478 e. The van der Waals surface area contributed by atoms with E-state index >= 15 is 0 Å². The van der Waals surface area contributed by atoms with Crippen molar-refractivity contribution in [2.75, 3.05) is 0 Å². The molecule has 84 valence electrons. The van der Waals surface area contributed by atoms with Gasteiger partial charge in [-0.3, -0.25) is 4.68 Å². The van der Waals surface area contributed by atoms with Crippen molar-refractivity contribution < 1.29 is 9.90 Å². The van der Waals surface area contributed by atoms with Crippen molar-refractivity contribution in [3.63, 3.8) is 0 Å². The lowest BCUT2D eigenvalue weighted by atomic mass is 10.1. The van der Waals surface area contributed by atoms with Crippen LogP contribution in [0.1, 0.15) is 20.1 Å². The maximum Gasteiger partial charge on any atom is 0.339 e. The average Bonchev–Trinajstić information content (AvgIpc) is 2.69. The van der Waals surface area contributed by atoms with Crippen LogP contribution in [-0.2, 0) is 7.05 Å². The van der Waals surface area contributed by atoms with Gasteiger partial charge in [0.05, 0.1) is 11.9 Å². The van der Waals surface area contributed by atoms with Crippen LogP contribution >= 0.6 is 11.3 Å². The molecule has 0 aromatic carbocycles. The Morgan fingerprint density at radius 2 is 2.19 bits per heavy atom. The number of hydrogen-bond donors (Lipinski definition) is 1. The molecular formula is C11H12N2O2S. The van der Waals surface area contributed by atoms with Gasteiger partial charge in [0.25, 0.3) is 0 Å². The van der Waals surface area contributed by atoms with E-state index < -0.39 is 5.97 Å². The molecule has 0 saturated heterocycles. The van der Waals surface area contributed by atoms with Crippen molar-refractivity contribution in [2.24, 2.45) is 7.05 Å². The van der Waals surface area contributed by atoms with Gasteiger partial charge in [-0.05, 0) is 19.9 Å². The summed E-state index contributed by atoms with van der Waals surface area (Å²) >= 11 is 1.66. The van der Waals surface area contributed by atoms with Crippen molar-refractivity contribution in [1.82, 2.24) is 9.78 Å². The molecule has 5 heteroatoms. The van der Waals surface area contributed by atoms with Crippen molar-refractivity contribution in [3.8, 4) is 11.3 Å². The molecule has 0 unspecified atom stereocenters. The zero-order valence-corrected chi connectivity index (χ0v) is 10.1. The van der Waals surface area contributed by atoms with Gasteiger partial charge >= 0.3 is 5.97 Å². The number of carboxylic acids is 1. The molecule has 4 nitrogen and oxygen atoms in total. The van der Waals surface area contributed by atoms with Crippen LogP contribution in [0.25, 0.3) is 11.3 Å². The van der Waals surface area contributed by atoms with E-state index in [9.17, 15) is 4.79 Å². The van der Waals surface area contributed by atoms with Crippen LogP contribution in [0.15, 0.2) is 12.3 Å². The Labute approximate surface area is 97.2 Å². The highest BCUT2D eigenvalue weighted by atomic mass is 32.1. The molecule has 0 bridgehead atoms. The van der Waals surface area contributed by atoms with Crippen LogP contribution < -0.4 is 0 Å². The van der Waals surface area contributed by atoms with Crippen molar-refractivity contribution >= 4 is 17.3 Å². The highest BCUT2D eigenvalue weighted by Crippen LogP contribution is 2.32. The Morgan fingerprint density at radius 3 is 2.69 bits per heavy atom. The minimum absolute atomic E-state index is 0.253. The zero-order valence-electron chi connectivity index (χ0n) is 9.31. The summed E-state index contributed by atoms with van der Waals surface area (Å²) < 4.78 is 1.61. The molecule has 0 amide bonds. The number of nitrogens with zero attached hydrogens (tertiary/aromatic N) is 2. The van der Waals surface area contributed by atoms with E-state index in [-0.39, 0.29) is 5.56 Å². The van der Waals surface area contributed by atoms with E-state index in [2.05, 4.69) is 5.10 Å². The number of carbonyl (C=O) groups is 1. The summed E-state index contributed by atoms with van der Waals surface area (Å²) in [6.45, 7) is 4.00. The lowest BCUT2D eigenvalue weighted by Crippen LogP contribution is -2.00. The molecule has 1 N–H and O–H groups in total. The standard InChI is InChI=1S/C11H12N2O2S/c1-6-4-8(7(2)16-6)10-9(11(14)15)5-12-13(10)3/h4-5H,1-3H3,(H,14,15). The van der Waals surface area contributed by atoms with Gasteiger partial charge in [0.1, 0.15) is 5.56 Å². The molecule has 0 radical (unpaired) electrons. The third-order valence-electron chi connectivity index (χ3n) is 2.47. The SMILES string of the molecule is Cc1cc(-c2c(C(=O)O)cnn2C)c(C)s1. The van der Waals surface area contributed by atoms with Gasteiger partial charge in [-0.1, -0.05) is 0 Å². The lowest BCUT2D eigenvalue weighted by Gasteiger charge is -2.02. The summed E-state index contributed by atoms with van der Waals surface area (Å²) in [6.07, 6.45) is 1.39. The fourth-order valence-corrected chi connectivity index (χ4v) is 2.70. The van der Waals surface area contributed by atoms with Crippen LogP contribution in [-0.4, -0.2) is 20.9 Å². The van der Waals surface area contributed by atoms with Gasteiger partial charge in [-0.25, -0.2) is 4.79 Å². The summed E-state index contributed by atoms with van der Waals surface area (Å²) in [6, 6.07) is 2.00. The number of thiophene rings is 1. The molecule has 0 atom stereocenters. The first kappa shape index (κ1) is 10.9. The van der Waals surface area contributed by atoms with Gasteiger partial charge in [-0.2, -0.15) is 5.10 Å². The summed E-state index contributed by atoms with van der Waals surface area (Å²) in [5, 5.41) is 13.1. The van der Waals surface area contributed by atoms with Crippen LogP contribution in [0.5, 0.6) is 0 Å². The maximum absolute atomic E-state index is 11.1. The molecule has 16 heavy (non-hydrogen) atoms. The molecule has 2 aromatic rings. The van der Waals surface area contributed by atoms with Crippen LogP contribution in [0, 0.1) is 13.8 Å².